The maximum atomic E-state index is 12.2. The largest absolute Gasteiger partial charge is 0.397 e. The summed E-state index contributed by atoms with van der Waals surface area (Å²) in [5.41, 5.74) is 5.09. The Morgan fingerprint density at radius 2 is 1.71 bits per heavy atom. The number of nitrogen functional groups attached to an aromatic ring is 1. The minimum atomic E-state index is -3.53. The Kier molecular flexibility index (Phi) is 4.62. The number of nitrogens with zero attached hydrogens (tertiary/aromatic N) is 1. The third-order valence-electron chi connectivity index (χ3n) is 3.78. The molecule has 0 radical (unpaired) electrons. The third kappa shape index (κ3) is 3.66. The van der Waals surface area contributed by atoms with Crippen LogP contribution in [0.4, 0.5) is 11.4 Å². The van der Waals surface area contributed by atoms with Crippen LogP contribution in [0.2, 0.25) is 0 Å². The normalized spacial score (nSPS) is 13.5. The first-order chi connectivity index (χ1) is 9.29. The van der Waals surface area contributed by atoms with E-state index in [4.69, 9.17) is 5.73 Å². The Balaban J connectivity index is 3.28. The van der Waals surface area contributed by atoms with Crippen molar-refractivity contribution in [3.8, 4) is 0 Å². The summed E-state index contributed by atoms with van der Waals surface area (Å²) in [5, 5.41) is 13.3. The predicted octanol–water partition coefficient (Wildman–Crippen LogP) is 1.48. The van der Waals surface area contributed by atoms with Gasteiger partial charge in [-0.25, -0.2) is 12.7 Å². The summed E-state index contributed by atoms with van der Waals surface area (Å²) >= 11 is 0. The fourth-order valence-corrected chi connectivity index (χ4v) is 2.43. The Hall–Kier alpha value is -1.31. The van der Waals surface area contributed by atoms with Gasteiger partial charge in [0.1, 0.15) is 0 Å². The fraction of sp³-hybridized carbons (Fsp3) is 0.571. The number of nitrogens with one attached hydrogen (secondary N) is 1. The predicted molar refractivity (Wildman–Crippen MR) is 85.7 cm³/mol. The van der Waals surface area contributed by atoms with E-state index in [0.717, 1.165) is 4.31 Å². The highest BCUT2D eigenvalue weighted by atomic mass is 32.2. The van der Waals surface area contributed by atoms with Gasteiger partial charge >= 0.3 is 0 Å². The van der Waals surface area contributed by atoms with E-state index in [1.54, 1.807) is 19.9 Å². The molecule has 0 aliphatic rings. The Labute approximate surface area is 127 Å². The zero-order valence-electron chi connectivity index (χ0n) is 13.4. The molecule has 4 N–H and O–H groups in total. The van der Waals surface area contributed by atoms with E-state index in [9.17, 15) is 13.5 Å². The Morgan fingerprint density at radius 1 is 1.19 bits per heavy atom. The molecule has 1 rings (SSSR count). The molecular weight excluding hydrogens is 290 g/mol. The van der Waals surface area contributed by atoms with Crippen LogP contribution >= 0.6 is 0 Å². The molecule has 1 aromatic carbocycles. The maximum Gasteiger partial charge on any atom is 0.242 e. The van der Waals surface area contributed by atoms with Gasteiger partial charge in [-0.3, -0.25) is 0 Å². The summed E-state index contributed by atoms with van der Waals surface area (Å²) < 4.78 is 25.5. The smallest absolute Gasteiger partial charge is 0.242 e. The van der Waals surface area contributed by atoms with Crippen molar-refractivity contribution in [1.29, 1.82) is 0 Å². The highest BCUT2D eigenvalue weighted by Gasteiger charge is 2.35. The summed E-state index contributed by atoms with van der Waals surface area (Å²) in [7, 11) is -0.588. The topological polar surface area (TPSA) is 95.7 Å². The first kappa shape index (κ1) is 17.7. The summed E-state index contributed by atoms with van der Waals surface area (Å²) in [6, 6.07) is 4.49. The third-order valence-corrected chi connectivity index (χ3v) is 5.59. The van der Waals surface area contributed by atoms with Gasteiger partial charge in [-0.1, -0.05) is 0 Å². The summed E-state index contributed by atoms with van der Waals surface area (Å²) in [4.78, 5) is 0.149. The number of hydrogen-bond acceptors (Lipinski definition) is 5. The van der Waals surface area contributed by atoms with Crippen LogP contribution in [-0.2, 0) is 10.0 Å². The van der Waals surface area contributed by atoms with Crippen molar-refractivity contribution in [3.63, 3.8) is 0 Å². The molecular formula is C14H25N3O3S. The number of nitrogens with two attached hydrogens (primary N) is 1. The second-order valence-corrected chi connectivity index (χ2v) is 8.50. The van der Waals surface area contributed by atoms with E-state index in [2.05, 4.69) is 5.32 Å². The van der Waals surface area contributed by atoms with Gasteiger partial charge < -0.3 is 16.2 Å². The number of hydrogen-bond donors (Lipinski definition) is 3. The van der Waals surface area contributed by atoms with Gasteiger partial charge in [-0.2, -0.15) is 0 Å². The molecule has 0 aliphatic carbocycles. The van der Waals surface area contributed by atoms with Crippen LogP contribution in [0.3, 0.4) is 0 Å². The zero-order valence-corrected chi connectivity index (χ0v) is 14.2. The number of sulfonamides is 1. The second-order valence-electron chi connectivity index (χ2n) is 6.35. The van der Waals surface area contributed by atoms with Gasteiger partial charge in [0.15, 0.2) is 0 Å². The van der Waals surface area contributed by atoms with Crippen molar-refractivity contribution in [1.82, 2.24) is 4.31 Å². The first-order valence-electron chi connectivity index (χ1n) is 6.61. The molecule has 0 aliphatic heterocycles. The minimum Gasteiger partial charge on any atom is -0.397 e. The van der Waals surface area contributed by atoms with Gasteiger partial charge in [-0.05, 0) is 45.9 Å². The van der Waals surface area contributed by atoms with Crippen LogP contribution in [0.15, 0.2) is 23.1 Å². The quantitative estimate of drug-likeness (QED) is 0.715. The fourth-order valence-electron chi connectivity index (χ4n) is 1.50. The van der Waals surface area contributed by atoms with E-state index in [0.29, 0.717) is 11.4 Å². The molecule has 0 fully saturated rings. The molecule has 120 valence electrons. The van der Waals surface area contributed by atoms with Gasteiger partial charge in [0, 0.05) is 14.1 Å². The number of aliphatic hydroxyl groups is 1. The van der Waals surface area contributed by atoms with Gasteiger partial charge in [0.05, 0.1) is 27.4 Å². The number of rotatable bonds is 5. The van der Waals surface area contributed by atoms with Crippen LogP contribution in [0.1, 0.15) is 27.7 Å². The van der Waals surface area contributed by atoms with Gasteiger partial charge in [0.25, 0.3) is 0 Å². The Morgan fingerprint density at radius 3 is 2.14 bits per heavy atom. The molecule has 0 spiro atoms. The van der Waals surface area contributed by atoms with E-state index >= 15 is 0 Å². The van der Waals surface area contributed by atoms with E-state index < -0.39 is 21.2 Å². The highest BCUT2D eigenvalue weighted by Crippen LogP contribution is 2.31. The maximum absolute atomic E-state index is 12.2. The standard InChI is InChI=1S/C14H25N3O3S/c1-13(2,14(3,4)18)16-12-9-10(7-8-11(12)15)21(19,20)17(5)6/h7-9,16,18H,15H2,1-6H3. The molecule has 7 heteroatoms. The summed E-state index contributed by atoms with van der Waals surface area (Å²) in [6.45, 7) is 6.99. The van der Waals surface area contributed by atoms with Gasteiger partial charge in [-0.15, -0.1) is 0 Å². The molecule has 0 atom stereocenters. The lowest BCUT2D eigenvalue weighted by atomic mass is 9.85. The molecule has 6 nitrogen and oxygen atoms in total. The van der Waals surface area contributed by atoms with Crippen LogP contribution < -0.4 is 11.1 Å². The average Bonchev–Trinajstić information content (AvgIpc) is 2.29. The van der Waals surface area contributed by atoms with Crippen LogP contribution in [0.5, 0.6) is 0 Å². The van der Waals surface area contributed by atoms with Gasteiger partial charge in [0.2, 0.25) is 10.0 Å². The van der Waals surface area contributed by atoms with Crippen molar-refractivity contribution in [2.45, 2.75) is 43.7 Å². The van der Waals surface area contributed by atoms with E-state index in [1.807, 2.05) is 13.8 Å². The highest BCUT2D eigenvalue weighted by molar-refractivity contribution is 7.89. The van der Waals surface area contributed by atoms with Crippen LogP contribution in [-0.4, -0.2) is 43.1 Å². The molecule has 21 heavy (non-hydrogen) atoms. The lowest BCUT2D eigenvalue weighted by molar-refractivity contribution is 0.0241. The van der Waals surface area contributed by atoms with Crippen molar-refractivity contribution < 1.29 is 13.5 Å². The van der Waals surface area contributed by atoms with Crippen LogP contribution in [0, 0.1) is 0 Å². The lowest BCUT2D eigenvalue weighted by Crippen LogP contribution is -2.51. The van der Waals surface area contributed by atoms with Crippen molar-refractivity contribution in [3.05, 3.63) is 18.2 Å². The molecule has 0 saturated carbocycles. The molecule has 0 aromatic heterocycles. The SMILES string of the molecule is CN(C)S(=O)(=O)c1ccc(N)c(NC(C)(C)C(C)(C)O)c1. The summed E-state index contributed by atoms with van der Waals surface area (Å²) in [5.74, 6) is 0. The molecule has 0 amide bonds. The number of benzene rings is 1. The van der Waals surface area contributed by atoms with Crippen LogP contribution in [0.25, 0.3) is 0 Å². The molecule has 0 heterocycles. The second kappa shape index (κ2) is 5.47. The molecule has 0 unspecified atom stereocenters. The summed E-state index contributed by atoms with van der Waals surface area (Å²) in [6.07, 6.45) is 0. The average molecular weight is 315 g/mol. The monoisotopic (exact) mass is 315 g/mol. The number of anilines is 2. The molecule has 0 saturated heterocycles. The van der Waals surface area contributed by atoms with Crippen molar-refractivity contribution in [2.24, 2.45) is 0 Å². The molecule has 1 aromatic rings. The van der Waals surface area contributed by atoms with E-state index in [-0.39, 0.29) is 4.90 Å². The van der Waals surface area contributed by atoms with Crippen molar-refractivity contribution >= 4 is 21.4 Å². The molecule has 0 bridgehead atoms. The van der Waals surface area contributed by atoms with E-state index in [1.165, 1.54) is 26.2 Å². The first-order valence-corrected chi connectivity index (χ1v) is 8.05. The minimum absolute atomic E-state index is 0.149. The zero-order chi connectivity index (χ0) is 16.6. The van der Waals surface area contributed by atoms with Crippen molar-refractivity contribution in [2.75, 3.05) is 25.1 Å². The Bertz CT molecular complexity index is 617. The lowest BCUT2D eigenvalue weighted by Gasteiger charge is -2.39.